The Bertz CT molecular complexity index is 642. The highest BCUT2D eigenvalue weighted by atomic mass is 16.6. The van der Waals surface area contributed by atoms with Gasteiger partial charge in [-0.2, -0.15) is 0 Å². The third kappa shape index (κ3) is 2.74. The van der Waals surface area contributed by atoms with Gasteiger partial charge in [-0.1, -0.05) is 24.3 Å². The Morgan fingerprint density at radius 3 is 2.37 bits per heavy atom. The second-order valence-corrected chi connectivity index (χ2v) is 3.91. The van der Waals surface area contributed by atoms with Gasteiger partial charge in [0, 0.05) is 11.6 Å². The van der Waals surface area contributed by atoms with E-state index in [1.807, 2.05) is 0 Å². The SMILES string of the molecule is Cn1c([N+](=O)[O-])cnc1/C=C/c1ccc(C=O)cc1. The van der Waals surface area contributed by atoms with Gasteiger partial charge in [0.25, 0.3) is 0 Å². The fraction of sp³-hybridized carbons (Fsp3) is 0.0769. The smallest absolute Gasteiger partial charge is 0.342 e. The number of carbonyl (C=O) groups excluding carboxylic acids is 1. The van der Waals surface area contributed by atoms with E-state index in [0.717, 1.165) is 11.8 Å². The first-order valence-corrected chi connectivity index (χ1v) is 5.51. The fourth-order valence-corrected chi connectivity index (χ4v) is 1.60. The molecule has 0 saturated carbocycles. The number of imidazole rings is 1. The van der Waals surface area contributed by atoms with Crippen molar-refractivity contribution in [2.24, 2.45) is 7.05 Å². The van der Waals surface area contributed by atoms with Gasteiger partial charge in [-0.05, 0) is 16.6 Å². The van der Waals surface area contributed by atoms with Gasteiger partial charge in [0.05, 0.1) is 7.05 Å². The largest absolute Gasteiger partial charge is 0.358 e. The molecule has 1 heterocycles. The molecule has 0 bridgehead atoms. The predicted octanol–water partition coefficient (Wildman–Crippen LogP) is 2.31. The van der Waals surface area contributed by atoms with E-state index < -0.39 is 4.92 Å². The molecule has 0 spiro atoms. The monoisotopic (exact) mass is 257 g/mol. The van der Waals surface area contributed by atoms with Gasteiger partial charge in [0.15, 0.2) is 0 Å². The van der Waals surface area contributed by atoms with Gasteiger partial charge in [-0.3, -0.25) is 4.79 Å². The number of nitro groups is 1. The van der Waals surface area contributed by atoms with E-state index in [0.29, 0.717) is 11.4 Å². The van der Waals surface area contributed by atoms with Crippen LogP contribution in [0.25, 0.3) is 12.2 Å². The summed E-state index contributed by atoms with van der Waals surface area (Å²) < 4.78 is 1.40. The summed E-state index contributed by atoms with van der Waals surface area (Å²) in [5.74, 6) is 0.433. The molecular formula is C13H11N3O3. The molecule has 0 saturated heterocycles. The van der Waals surface area contributed by atoms with E-state index in [4.69, 9.17) is 0 Å². The van der Waals surface area contributed by atoms with Crippen LogP contribution >= 0.6 is 0 Å². The third-order valence-electron chi connectivity index (χ3n) is 2.68. The van der Waals surface area contributed by atoms with Crippen molar-refractivity contribution < 1.29 is 9.72 Å². The zero-order chi connectivity index (χ0) is 13.8. The van der Waals surface area contributed by atoms with E-state index >= 15 is 0 Å². The molecule has 0 unspecified atom stereocenters. The van der Waals surface area contributed by atoms with Gasteiger partial charge in [0.2, 0.25) is 5.82 Å². The molecule has 0 radical (unpaired) electrons. The Morgan fingerprint density at radius 2 is 1.84 bits per heavy atom. The standard InChI is InChI=1S/C13H11N3O3/c1-15-12(14-8-13(15)16(18)19)7-6-10-2-4-11(9-17)5-3-10/h2-9H,1H3/b7-6+. The summed E-state index contributed by atoms with van der Waals surface area (Å²) in [5, 5.41) is 10.7. The van der Waals surface area contributed by atoms with Crippen LogP contribution in [0, 0.1) is 10.1 Å². The van der Waals surface area contributed by atoms with E-state index in [1.54, 1.807) is 43.5 Å². The van der Waals surface area contributed by atoms with Crippen LogP contribution in [-0.2, 0) is 7.05 Å². The first-order valence-electron chi connectivity index (χ1n) is 5.51. The third-order valence-corrected chi connectivity index (χ3v) is 2.68. The van der Waals surface area contributed by atoms with Crippen LogP contribution in [-0.4, -0.2) is 20.8 Å². The van der Waals surface area contributed by atoms with Crippen molar-refractivity contribution in [3.8, 4) is 0 Å². The minimum Gasteiger partial charge on any atom is -0.358 e. The lowest BCUT2D eigenvalue weighted by atomic mass is 10.1. The van der Waals surface area contributed by atoms with E-state index in [9.17, 15) is 14.9 Å². The highest BCUT2D eigenvalue weighted by molar-refractivity contribution is 5.76. The molecule has 0 atom stereocenters. The van der Waals surface area contributed by atoms with Crippen LogP contribution in [0.15, 0.2) is 30.5 Å². The summed E-state index contributed by atoms with van der Waals surface area (Å²) in [5.41, 5.74) is 1.49. The number of aldehydes is 1. The number of hydrogen-bond acceptors (Lipinski definition) is 4. The summed E-state index contributed by atoms with van der Waals surface area (Å²) in [6.45, 7) is 0. The lowest BCUT2D eigenvalue weighted by Crippen LogP contribution is -1.98. The summed E-state index contributed by atoms with van der Waals surface area (Å²) in [6.07, 6.45) is 5.45. The van der Waals surface area contributed by atoms with E-state index in [1.165, 1.54) is 10.8 Å². The van der Waals surface area contributed by atoms with Crippen molar-refractivity contribution in [3.63, 3.8) is 0 Å². The van der Waals surface area contributed by atoms with Crippen LogP contribution in [0.5, 0.6) is 0 Å². The summed E-state index contributed by atoms with van der Waals surface area (Å²) >= 11 is 0. The maximum Gasteiger partial charge on any atom is 0.342 e. The number of hydrogen-bond donors (Lipinski definition) is 0. The van der Waals surface area contributed by atoms with Gasteiger partial charge in [-0.15, -0.1) is 0 Å². The first kappa shape index (κ1) is 12.7. The van der Waals surface area contributed by atoms with Crippen LogP contribution < -0.4 is 0 Å². The van der Waals surface area contributed by atoms with Crippen LogP contribution in [0.2, 0.25) is 0 Å². The summed E-state index contributed by atoms with van der Waals surface area (Å²) in [6, 6.07) is 6.98. The number of benzene rings is 1. The molecule has 2 rings (SSSR count). The highest BCUT2D eigenvalue weighted by Crippen LogP contribution is 2.14. The molecule has 19 heavy (non-hydrogen) atoms. The molecule has 6 nitrogen and oxygen atoms in total. The molecule has 0 N–H and O–H groups in total. The minimum atomic E-state index is -0.483. The number of rotatable bonds is 4. The van der Waals surface area contributed by atoms with Gasteiger partial charge in [0.1, 0.15) is 12.5 Å². The van der Waals surface area contributed by atoms with Gasteiger partial charge >= 0.3 is 5.82 Å². The average molecular weight is 257 g/mol. The van der Waals surface area contributed by atoms with Crippen molar-refractivity contribution in [2.45, 2.75) is 0 Å². The van der Waals surface area contributed by atoms with Crippen molar-refractivity contribution in [1.29, 1.82) is 0 Å². The molecule has 2 aromatic rings. The maximum atomic E-state index is 10.7. The molecular weight excluding hydrogens is 246 g/mol. The van der Waals surface area contributed by atoms with E-state index in [-0.39, 0.29) is 5.82 Å². The number of nitrogens with zero attached hydrogens (tertiary/aromatic N) is 3. The molecule has 1 aromatic carbocycles. The Balaban J connectivity index is 2.22. The first-order chi connectivity index (χ1) is 9.11. The van der Waals surface area contributed by atoms with E-state index in [2.05, 4.69) is 4.98 Å². The second-order valence-electron chi connectivity index (χ2n) is 3.91. The Labute approximate surface area is 109 Å². The zero-order valence-corrected chi connectivity index (χ0v) is 10.2. The number of aromatic nitrogens is 2. The topological polar surface area (TPSA) is 78.0 Å². The molecule has 0 amide bonds. The van der Waals surface area contributed by atoms with Crippen LogP contribution in [0.3, 0.4) is 0 Å². The molecule has 0 aliphatic heterocycles. The Hall–Kier alpha value is -2.76. The summed E-state index contributed by atoms with van der Waals surface area (Å²) in [4.78, 5) is 24.7. The number of carbonyl (C=O) groups is 1. The molecule has 96 valence electrons. The quantitative estimate of drug-likeness (QED) is 0.478. The average Bonchev–Trinajstić information content (AvgIpc) is 2.78. The molecule has 1 aromatic heterocycles. The Kier molecular flexibility index (Phi) is 3.51. The van der Waals surface area contributed by atoms with Crippen molar-refractivity contribution in [2.75, 3.05) is 0 Å². The summed E-state index contributed by atoms with van der Waals surface area (Å²) in [7, 11) is 1.58. The van der Waals surface area contributed by atoms with Gasteiger partial charge < -0.3 is 10.1 Å². The van der Waals surface area contributed by atoms with Crippen molar-refractivity contribution >= 4 is 24.3 Å². The van der Waals surface area contributed by atoms with Crippen LogP contribution in [0.4, 0.5) is 5.82 Å². The maximum absolute atomic E-state index is 10.7. The zero-order valence-electron chi connectivity index (χ0n) is 10.2. The van der Waals surface area contributed by atoms with Crippen molar-refractivity contribution in [3.05, 3.63) is 57.5 Å². The van der Waals surface area contributed by atoms with Crippen molar-refractivity contribution in [1.82, 2.24) is 9.55 Å². The molecule has 0 aliphatic carbocycles. The second kappa shape index (κ2) is 5.26. The normalized spacial score (nSPS) is 10.8. The van der Waals surface area contributed by atoms with Gasteiger partial charge in [-0.25, -0.2) is 9.55 Å². The minimum absolute atomic E-state index is 0.0593. The molecule has 0 aliphatic rings. The fourth-order valence-electron chi connectivity index (χ4n) is 1.60. The van der Waals surface area contributed by atoms with Crippen LogP contribution in [0.1, 0.15) is 21.7 Å². The molecule has 6 heteroatoms. The Morgan fingerprint density at radius 1 is 1.21 bits per heavy atom. The highest BCUT2D eigenvalue weighted by Gasteiger charge is 2.13. The predicted molar refractivity (Wildman–Crippen MR) is 70.6 cm³/mol. The molecule has 0 fully saturated rings. The lowest BCUT2D eigenvalue weighted by molar-refractivity contribution is -0.391. The lowest BCUT2D eigenvalue weighted by Gasteiger charge is -1.95.